The molecule has 0 amide bonds. The van der Waals surface area contributed by atoms with Gasteiger partial charge < -0.3 is 5.32 Å². The number of hydrogen-bond acceptors (Lipinski definition) is 2. The first-order valence-electron chi connectivity index (χ1n) is 3.03. The molecule has 0 heterocycles. The minimum atomic E-state index is -0.158. The van der Waals surface area contributed by atoms with Crippen molar-refractivity contribution >= 4 is 5.78 Å². The van der Waals surface area contributed by atoms with Crippen LogP contribution in [0.3, 0.4) is 0 Å². The largest absolute Gasteiger partial charge is 0.392 e. The highest BCUT2D eigenvalue weighted by Crippen LogP contribution is 1.83. The number of rotatable bonds is 2. The van der Waals surface area contributed by atoms with Crippen LogP contribution in [0.5, 0.6) is 0 Å². The van der Waals surface area contributed by atoms with E-state index in [-0.39, 0.29) is 5.78 Å². The Hall–Kier alpha value is -1.23. The van der Waals surface area contributed by atoms with E-state index in [0.717, 1.165) is 5.70 Å². The van der Waals surface area contributed by atoms with E-state index in [4.69, 9.17) is 0 Å². The predicted octanol–water partition coefficient (Wildman–Crippen LogP) is 0.702. The Labute approximate surface area is 61.3 Å². The van der Waals surface area contributed by atoms with Crippen LogP contribution in [0, 0.1) is 11.8 Å². The Morgan fingerprint density at radius 1 is 1.60 bits per heavy atom. The van der Waals surface area contributed by atoms with Crippen LogP contribution in [0.25, 0.3) is 0 Å². The summed E-state index contributed by atoms with van der Waals surface area (Å²) in [6.45, 7) is 3.45. The molecule has 0 fully saturated rings. The Bertz CT molecular complexity index is 205. The third kappa shape index (κ3) is 3.73. The van der Waals surface area contributed by atoms with Gasteiger partial charge in [-0.05, 0) is 19.8 Å². The van der Waals surface area contributed by atoms with Crippen molar-refractivity contribution in [1.82, 2.24) is 5.32 Å². The molecule has 0 rings (SSSR count). The molecule has 0 atom stereocenters. The third-order valence-electron chi connectivity index (χ3n) is 0.990. The smallest absolute Gasteiger partial charge is 0.230 e. The molecule has 0 aromatic heterocycles. The van der Waals surface area contributed by atoms with Gasteiger partial charge in [-0.2, -0.15) is 0 Å². The molecule has 0 saturated carbocycles. The molecule has 0 saturated heterocycles. The molecule has 0 radical (unpaired) electrons. The van der Waals surface area contributed by atoms with Crippen LogP contribution < -0.4 is 5.32 Å². The number of allylic oxidation sites excluding steroid dienone is 2. The van der Waals surface area contributed by atoms with Crippen LogP contribution in [0.15, 0.2) is 11.8 Å². The van der Waals surface area contributed by atoms with E-state index in [1.807, 2.05) is 6.92 Å². The quantitative estimate of drug-likeness (QED) is 0.345. The summed E-state index contributed by atoms with van der Waals surface area (Å²) in [4.78, 5) is 10.7. The monoisotopic (exact) mass is 137 g/mol. The molecule has 0 bridgehead atoms. The Morgan fingerprint density at radius 2 is 2.20 bits per heavy atom. The zero-order valence-corrected chi connectivity index (χ0v) is 6.49. The van der Waals surface area contributed by atoms with Crippen molar-refractivity contribution in [2.45, 2.75) is 13.8 Å². The van der Waals surface area contributed by atoms with E-state index in [9.17, 15) is 4.79 Å². The summed E-state index contributed by atoms with van der Waals surface area (Å²) in [6, 6.07) is 0. The number of carbonyl (C=O) groups is 1. The number of hydrogen-bond donors (Lipinski definition) is 1. The first-order valence-corrected chi connectivity index (χ1v) is 3.03. The van der Waals surface area contributed by atoms with E-state index < -0.39 is 0 Å². The zero-order chi connectivity index (χ0) is 7.98. The number of ketones is 1. The van der Waals surface area contributed by atoms with E-state index in [1.54, 1.807) is 14.0 Å². The summed E-state index contributed by atoms with van der Waals surface area (Å²) in [5.41, 5.74) is 0.827. The molecule has 0 aromatic rings. The SMILES string of the molecule is CC#CC(=O)/C=C(\C)NC. The molecule has 1 N–H and O–H groups in total. The average Bonchev–Trinajstić information content (AvgIpc) is 1.88. The molecular formula is C8H11NO. The lowest BCUT2D eigenvalue weighted by atomic mass is 10.3. The van der Waals surface area contributed by atoms with E-state index in [0.29, 0.717) is 0 Å². The highest BCUT2D eigenvalue weighted by atomic mass is 16.1. The maximum absolute atomic E-state index is 10.7. The zero-order valence-electron chi connectivity index (χ0n) is 6.49. The Balaban J connectivity index is 4.09. The van der Waals surface area contributed by atoms with Crippen molar-refractivity contribution in [2.24, 2.45) is 0 Å². The molecule has 0 aromatic carbocycles. The lowest BCUT2D eigenvalue weighted by Crippen LogP contribution is -2.03. The van der Waals surface area contributed by atoms with Crippen LogP contribution >= 0.6 is 0 Å². The fourth-order valence-corrected chi connectivity index (χ4v) is 0.428. The maximum atomic E-state index is 10.7. The summed E-state index contributed by atoms with van der Waals surface area (Å²) in [6.07, 6.45) is 1.47. The van der Waals surface area contributed by atoms with Gasteiger partial charge in [-0.15, -0.1) is 0 Å². The predicted molar refractivity (Wildman–Crippen MR) is 41.3 cm³/mol. The number of carbonyl (C=O) groups excluding carboxylic acids is 1. The molecular weight excluding hydrogens is 126 g/mol. The van der Waals surface area contributed by atoms with Gasteiger partial charge in [0.2, 0.25) is 5.78 Å². The van der Waals surface area contributed by atoms with Gasteiger partial charge >= 0.3 is 0 Å². The summed E-state index contributed by atoms with van der Waals surface area (Å²) < 4.78 is 0. The van der Waals surface area contributed by atoms with Gasteiger partial charge in [0.05, 0.1) is 0 Å². The normalized spacial score (nSPS) is 9.70. The van der Waals surface area contributed by atoms with Crippen LogP contribution in [-0.2, 0) is 4.79 Å². The first-order chi connectivity index (χ1) is 4.70. The summed E-state index contributed by atoms with van der Waals surface area (Å²) in [5.74, 6) is 4.77. The Kier molecular flexibility index (Phi) is 4.06. The van der Waals surface area contributed by atoms with E-state index in [1.165, 1.54) is 6.08 Å². The standard InChI is InChI=1S/C8H11NO/c1-4-5-8(10)6-7(2)9-3/h6,9H,1-3H3/b7-6+. The fourth-order valence-electron chi connectivity index (χ4n) is 0.428. The maximum Gasteiger partial charge on any atom is 0.230 e. The molecule has 0 aliphatic carbocycles. The lowest BCUT2D eigenvalue weighted by molar-refractivity contribution is -0.109. The molecule has 0 unspecified atom stereocenters. The second-order valence-electron chi connectivity index (χ2n) is 1.82. The second-order valence-corrected chi connectivity index (χ2v) is 1.82. The lowest BCUT2D eigenvalue weighted by Gasteiger charge is -1.93. The van der Waals surface area contributed by atoms with Gasteiger partial charge in [0.1, 0.15) is 0 Å². The molecule has 2 heteroatoms. The number of nitrogens with one attached hydrogen (secondary N) is 1. The summed E-state index contributed by atoms with van der Waals surface area (Å²) in [7, 11) is 1.76. The van der Waals surface area contributed by atoms with Crippen molar-refractivity contribution in [2.75, 3.05) is 7.05 Å². The van der Waals surface area contributed by atoms with Crippen molar-refractivity contribution in [1.29, 1.82) is 0 Å². The van der Waals surface area contributed by atoms with Crippen molar-refractivity contribution in [3.8, 4) is 11.8 Å². The molecule has 54 valence electrons. The van der Waals surface area contributed by atoms with E-state index >= 15 is 0 Å². The minimum absolute atomic E-state index is 0.158. The first kappa shape index (κ1) is 8.77. The highest BCUT2D eigenvalue weighted by molar-refractivity contribution is 6.04. The third-order valence-corrected chi connectivity index (χ3v) is 0.990. The Morgan fingerprint density at radius 3 is 2.60 bits per heavy atom. The van der Waals surface area contributed by atoms with Crippen molar-refractivity contribution < 1.29 is 4.79 Å². The van der Waals surface area contributed by atoms with Crippen molar-refractivity contribution in [3.05, 3.63) is 11.8 Å². The van der Waals surface area contributed by atoms with Gasteiger partial charge in [0.25, 0.3) is 0 Å². The van der Waals surface area contributed by atoms with Gasteiger partial charge in [-0.25, -0.2) is 0 Å². The van der Waals surface area contributed by atoms with Crippen LogP contribution in [-0.4, -0.2) is 12.8 Å². The molecule has 0 aliphatic rings. The second kappa shape index (κ2) is 4.63. The fraction of sp³-hybridized carbons (Fsp3) is 0.375. The summed E-state index contributed by atoms with van der Waals surface area (Å²) in [5, 5.41) is 2.83. The van der Waals surface area contributed by atoms with Crippen LogP contribution in [0.1, 0.15) is 13.8 Å². The van der Waals surface area contributed by atoms with Gasteiger partial charge in [0.15, 0.2) is 0 Å². The highest BCUT2D eigenvalue weighted by Gasteiger charge is 1.88. The topological polar surface area (TPSA) is 29.1 Å². The molecule has 10 heavy (non-hydrogen) atoms. The van der Waals surface area contributed by atoms with Crippen LogP contribution in [0.4, 0.5) is 0 Å². The van der Waals surface area contributed by atoms with Crippen molar-refractivity contribution in [3.63, 3.8) is 0 Å². The summed E-state index contributed by atoms with van der Waals surface area (Å²) >= 11 is 0. The van der Waals surface area contributed by atoms with Crippen LogP contribution in [0.2, 0.25) is 0 Å². The van der Waals surface area contributed by atoms with Gasteiger partial charge in [0, 0.05) is 18.8 Å². The molecule has 0 spiro atoms. The van der Waals surface area contributed by atoms with Gasteiger partial charge in [-0.1, -0.05) is 5.92 Å². The average molecular weight is 137 g/mol. The van der Waals surface area contributed by atoms with Gasteiger partial charge in [-0.3, -0.25) is 4.79 Å². The van der Waals surface area contributed by atoms with E-state index in [2.05, 4.69) is 17.2 Å². The molecule has 0 aliphatic heterocycles. The molecule has 2 nitrogen and oxygen atoms in total. The minimum Gasteiger partial charge on any atom is -0.392 e.